The Morgan fingerprint density at radius 3 is 2.43 bits per heavy atom. The number of rotatable bonds is 1. The summed E-state index contributed by atoms with van der Waals surface area (Å²) in [7, 11) is 0. The summed E-state index contributed by atoms with van der Waals surface area (Å²) in [4.78, 5) is 0. The van der Waals surface area contributed by atoms with Crippen LogP contribution in [0.25, 0.3) is 0 Å². The van der Waals surface area contributed by atoms with Gasteiger partial charge in [0.05, 0.1) is 0 Å². The Bertz CT molecular complexity index is 270. The maximum absolute atomic E-state index is 2.44. The molecule has 78 valence electrons. The van der Waals surface area contributed by atoms with Crippen LogP contribution in [-0.4, -0.2) is 0 Å². The molecule has 0 nitrogen and oxygen atoms in total. The molecule has 0 heteroatoms. The molecular weight excluding hydrogens is 168 g/mol. The summed E-state index contributed by atoms with van der Waals surface area (Å²) in [6, 6.07) is 0. The second-order valence-electron chi connectivity index (χ2n) is 5.60. The van der Waals surface area contributed by atoms with E-state index in [0.717, 1.165) is 17.8 Å². The average molecular weight is 190 g/mol. The monoisotopic (exact) mass is 190 g/mol. The fraction of sp³-hybridized carbons (Fsp3) is 0.714. The fourth-order valence-corrected chi connectivity index (χ4v) is 3.63. The number of allylic oxidation sites excluding steroid dienone is 4. The lowest BCUT2D eigenvalue weighted by Gasteiger charge is -2.48. The Morgan fingerprint density at radius 2 is 1.86 bits per heavy atom. The normalized spacial score (nSPS) is 44.0. The summed E-state index contributed by atoms with van der Waals surface area (Å²) in [5.74, 6) is 3.17. The lowest BCUT2D eigenvalue weighted by Crippen LogP contribution is -2.41. The Kier molecular flexibility index (Phi) is 2.33. The molecule has 0 fully saturated rings. The highest BCUT2D eigenvalue weighted by molar-refractivity contribution is 5.20. The van der Waals surface area contributed by atoms with Gasteiger partial charge in [-0.1, -0.05) is 58.4 Å². The van der Waals surface area contributed by atoms with Crippen molar-refractivity contribution in [1.82, 2.24) is 0 Å². The summed E-state index contributed by atoms with van der Waals surface area (Å²) in [5.41, 5.74) is 0.390. The van der Waals surface area contributed by atoms with Gasteiger partial charge in [-0.05, 0) is 29.1 Å². The van der Waals surface area contributed by atoms with Gasteiger partial charge in [-0.3, -0.25) is 0 Å². The summed E-state index contributed by atoms with van der Waals surface area (Å²) in [6.45, 7) is 9.50. The van der Waals surface area contributed by atoms with E-state index >= 15 is 0 Å². The molecule has 0 radical (unpaired) electrons. The standard InChI is InChI=1S/C14H22/c1-5-12-11-7-6-10(2)13(12)14(3,4)9-8-11/h6-13H,5H2,1-4H3. The van der Waals surface area contributed by atoms with Gasteiger partial charge in [0.15, 0.2) is 0 Å². The maximum atomic E-state index is 2.44. The maximum Gasteiger partial charge on any atom is -0.00218 e. The molecular formula is C14H22. The van der Waals surface area contributed by atoms with Crippen LogP contribution in [0.2, 0.25) is 0 Å². The summed E-state index contributed by atoms with van der Waals surface area (Å²) in [5, 5.41) is 0. The van der Waals surface area contributed by atoms with Crippen LogP contribution in [-0.2, 0) is 0 Å². The SMILES string of the molecule is CCC1C2C=CC(C)C1C(C)(C)C=C2. The van der Waals surface area contributed by atoms with Gasteiger partial charge in [-0.25, -0.2) is 0 Å². The number of fused-ring (bicyclic) bond motifs is 2. The molecule has 2 bridgehead atoms. The van der Waals surface area contributed by atoms with Crippen LogP contribution in [0.15, 0.2) is 24.3 Å². The lowest BCUT2D eigenvalue weighted by atomic mass is 9.56. The lowest BCUT2D eigenvalue weighted by molar-refractivity contribution is 0.0962. The zero-order valence-corrected chi connectivity index (χ0v) is 9.83. The highest BCUT2D eigenvalue weighted by Crippen LogP contribution is 2.50. The molecule has 4 atom stereocenters. The van der Waals surface area contributed by atoms with Crippen LogP contribution < -0.4 is 0 Å². The van der Waals surface area contributed by atoms with Crippen molar-refractivity contribution >= 4 is 0 Å². The molecule has 0 aromatic carbocycles. The molecule has 2 rings (SSSR count). The molecule has 0 amide bonds. The molecule has 0 aromatic heterocycles. The van der Waals surface area contributed by atoms with Crippen molar-refractivity contribution < 1.29 is 0 Å². The van der Waals surface area contributed by atoms with Crippen LogP contribution in [0.4, 0.5) is 0 Å². The average Bonchev–Trinajstić information content (AvgIpc) is 2.14. The zero-order chi connectivity index (χ0) is 10.3. The van der Waals surface area contributed by atoms with Gasteiger partial charge in [0.1, 0.15) is 0 Å². The van der Waals surface area contributed by atoms with E-state index in [4.69, 9.17) is 0 Å². The molecule has 2 aliphatic carbocycles. The Labute approximate surface area is 88.1 Å². The third kappa shape index (κ3) is 1.36. The van der Waals surface area contributed by atoms with Gasteiger partial charge in [-0.2, -0.15) is 0 Å². The quantitative estimate of drug-likeness (QED) is 0.547. The molecule has 0 aliphatic heterocycles. The van der Waals surface area contributed by atoms with Crippen LogP contribution >= 0.6 is 0 Å². The Balaban J connectivity index is 2.40. The molecule has 2 aliphatic rings. The highest BCUT2D eigenvalue weighted by atomic mass is 14.5. The van der Waals surface area contributed by atoms with Gasteiger partial charge < -0.3 is 0 Å². The largest absolute Gasteiger partial charge is 0.0848 e. The summed E-state index contributed by atoms with van der Waals surface area (Å²) >= 11 is 0. The van der Waals surface area contributed by atoms with E-state index in [1.807, 2.05) is 0 Å². The van der Waals surface area contributed by atoms with Gasteiger partial charge in [0.2, 0.25) is 0 Å². The second kappa shape index (κ2) is 3.25. The molecule has 0 aromatic rings. The van der Waals surface area contributed by atoms with Gasteiger partial charge in [0, 0.05) is 0 Å². The Hall–Kier alpha value is -0.520. The highest BCUT2D eigenvalue weighted by Gasteiger charge is 2.43. The van der Waals surface area contributed by atoms with Crippen molar-refractivity contribution in [3.63, 3.8) is 0 Å². The predicted molar refractivity (Wildman–Crippen MR) is 62.0 cm³/mol. The summed E-state index contributed by atoms with van der Waals surface area (Å²) < 4.78 is 0. The van der Waals surface area contributed by atoms with Crippen molar-refractivity contribution in [3.05, 3.63) is 24.3 Å². The van der Waals surface area contributed by atoms with E-state index in [9.17, 15) is 0 Å². The van der Waals surface area contributed by atoms with Crippen LogP contribution in [0.5, 0.6) is 0 Å². The molecule has 0 saturated heterocycles. The van der Waals surface area contributed by atoms with Crippen molar-refractivity contribution in [3.8, 4) is 0 Å². The first-order valence-corrected chi connectivity index (χ1v) is 5.94. The van der Waals surface area contributed by atoms with Gasteiger partial charge in [-0.15, -0.1) is 0 Å². The van der Waals surface area contributed by atoms with Crippen molar-refractivity contribution in [2.75, 3.05) is 0 Å². The summed E-state index contributed by atoms with van der Waals surface area (Å²) in [6.07, 6.45) is 11.0. The molecule has 0 spiro atoms. The van der Waals surface area contributed by atoms with Crippen LogP contribution in [0, 0.1) is 29.1 Å². The second-order valence-corrected chi connectivity index (χ2v) is 5.60. The van der Waals surface area contributed by atoms with Crippen molar-refractivity contribution in [2.45, 2.75) is 34.1 Å². The first-order chi connectivity index (χ1) is 6.56. The zero-order valence-electron chi connectivity index (χ0n) is 9.83. The van der Waals surface area contributed by atoms with E-state index in [1.54, 1.807) is 0 Å². The Morgan fingerprint density at radius 1 is 1.14 bits per heavy atom. The smallest absolute Gasteiger partial charge is 0.00218 e. The van der Waals surface area contributed by atoms with Crippen LogP contribution in [0.1, 0.15) is 34.1 Å². The van der Waals surface area contributed by atoms with E-state index in [2.05, 4.69) is 52.0 Å². The first-order valence-electron chi connectivity index (χ1n) is 5.94. The number of hydrogen-bond donors (Lipinski definition) is 0. The van der Waals surface area contributed by atoms with Crippen molar-refractivity contribution in [1.29, 1.82) is 0 Å². The van der Waals surface area contributed by atoms with Crippen molar-refractivity contribution in [2.24, 2.45) is 29.1 Å². The molecule has 14 heavy (non-hydrogen) atoms. The van der Waals surface area contributed by atoms with Gasteiger partial charge in [0.25, 0.3) is 0 Å². The number of hydrogen-bond acceptors (Lipinski definition) is 0. The minimum atomic E-state index is 0.390. The topological polar surface area (TPSA) is 0 Å². The third-order valence-corrected chi connectivity index (χ3v) is 4.24. The minimum Gasteiger partial charge on any atom is -0.0848 e. The van der Waals surface area contributed by atoms with E-state index < -0.39 is 0 Å². The minimum absolute atomic E-state index is 0.390. The van der Waals surface area contributed by atoms with E-state index in [0.29, 0.717) is 11.3 Å². The fourth-order valence-electron chi connectivity index (χ4n) is 3.63. The molecule has 0 saturated carbocycles. The van der Waals surface area contributed by atoms with E-state index in [-0.39, 0.29) is 0 Å². The molecule has 0 N–H and O–H groups in total. The first kappa shape index (κ1) is 10.0. The van der Waals surface area contributed by atoms with Crippen LogP contribution in [0.3, 0.4) is 0 Å². The van der Waals surface area contributed by atoms with Gasteiger partial charge >= 0.3 is 0 Å². The third-order valence-electron chi connectivity index (χ3n) is 4.24. The predicted octanol–water partition coefficient (Wildman–Crippen LogP) is 4.05. The molecule has 4 unspecified atom stereocenters. The van der Waals surface area contributed by atoms with E-state index in [1.165, 1.54) is 6.42 Å². The molecule has 0 heterocycles.